The van der Waals surface area contributed by atoms with Gasteiger partial charge in [0.2, 0.25) is 10.0 Å². The molecule has 1 aliphatic heterocycles. The Kier molecular flexibility index (Phi) is 6.00. The molecule has 36 heavy (non-hydrogen) atoms. The van der Waals surface area contributed by atoms with Crippen LogP contribution in [0.4, 0.5) is 18.9 Å². The Labute approximate surface area is 204 Å². The highest BCUT2D eigenvalue weighted by Crippen LogP contribution is 2.39. The fourth-order valence-corrected chi connectivity index (χ4v) is 5.94. The topological polar surface area (TPSA) is 102 Å². The van der Waals surface area contributed by atoms with Gasteiger partial charge in [-0.2, -0.15) is 27.7 Å². The summed E-state index contributed by atoms with van der Waals surface area (Å²) in [5.41, 5.74) is -0.0739. The van der Waals surface area contributed by atoms with Gasteiger partial charge in [0.1, 0.15) is 25.3 Å². The molecule has 0 radical (unpaired) electrons. The minimum Gasteiger partial charge on any atom is -0.368 e. The molecular formula is C22H21F3N8O2S. The summed E-state index contributed by atoms with van der Waals surface area (Å²) >= 11 is 0. The van der Waals surface area contributed by atoms with Crippen molar-refractivity contribution in [1.82, 2.24) is 33.8 Å². The molecule has 0 N–H and O–H groups in total. The lowest BCUT2D eigenvalue weighted by Gasteiger charge is -2.40. The molecule has 14 heteroatoms. The number of halogens is 3. The molecule has 1 aliphatic rings. The highest BCUT2D eigenvalue weighted by Gasteiger charge is 2.39. The SMILES string of the molecule is C[C@@H]1CN(c2ccc(-n3cncn3)cc2C(F)(F)F)CCN1S(=O)(=O)c1cccc(-n2cncn2)c1. The number of sulfonamides is 1. The Hall–Kier alpha value is -3.78. The van der Waals surface area contributed by atoms with Gasteiger partial charge in [-0.3, -0.25) is 0 Å². The minimum atomic E-state index is -4.61. The molecule has 0 bridgehead atoms. The van der Waals surface area contributed by atoms with Crippen molar-refractivity contribution in [3.8, 4) is 11.4 Å². The molecule has 1 saturated heterocycles. The summed E-state index contributed by atoms with van der Waals surface area (Å²) in [6.45, 7) is 1.90. The van der Waals surface area contributed by atoms with Crippen LogP contribution in [0.2, 0.25) is 0 Å². The van der Waals surface area contributed by atoms with Crippen LogP contribution in [-0.2, 0) is 16.2 Å². The van der Waals surface area contributed by atoms with Crippen LogP contribution >= 0.6 is 0 Å². The largest absolute Gasteiger partial charge is 0.418 e. The zero-order valence-corrected chi connectivity index (χ0v) is 19.8. The van der Waals surface area contributed by atoms with Gasteiger partial charge in [-0.25, -0.2) is 27.7 Å². The van der Waals surface area contributed by atoms with Crippen LogP contribution in [0.25, 0.3) is 11.4 Å². The molecule has 0 unspecified atom stereocenters. The van der Waals surface area contributed by atoms with Gasteiger partial charge in [0, 0.05) is 31.4 Å². The van der Waals surface area contributed by atoms with Gasteiger partial charge in [-0.05, 0) is 43.3 Å². The lowest BCUT2D eigenvalue weighted by molar-refractivity contribution is -0.137. The number of nitrogens with zero attached hydrogens (tertiary/aromatic N) is 8. The highest BCUT2D eigenvalue weighted by atomic mass is 32.2. The van der Waals surface area contributed by atoms with E-state index in [1.54, 1.807) is 24.0 Å². The van der Waals surface area contributed by atoms with Gasteiger partial charge in [0.25, 0.3) is 0 Å². The molecule has 0 saturated carbocycles. The lowest BCUT2D eigenvalue weighted by Crippen LogP contribution is -2.54. The number of aromatic nitrogens is 6. The third-order valence-corrected chi connectivity index (χ3v) is 7.99. The summed E-state index contributed by atoms with van der Waals surface area (Å²) in [6, 6.07) is 9.66. The summed E-state index contributed by atoms with van der Waals surface area (Å²) in [6.07, 6.45) is 0.749. The van der Waals surface area contributed by atoms with Crippen molar-refractivity contribution in [1.29, 1.82) is 0 Å². The number of piperazine rings is 1. The van der Waals surface area contributed by atoms with Gasteiger partial charge in [0.15, 0.2) is 0 Å². The zero-order valence-electron chi connectivity index (χ0n) is 19.0. The smallest absolute Gasteiger partial charge is 0.368 e. The average Bonchev–Trinajstić information content (AvgIpc) is 3.58. The standard InChI is InChI=1S/C22H21F3N8O2S/c1-16-11-30(21-6-5-18(32-15-27-13-29-32)10-20(21)22(23,24)25)7-8-33(16)36(34,35)19-4-2-3-17(9-19)31-14-26-12-28-31/h2-6,9-10,12-16H,7-8,11H2,1H3/t16-/m1/s1. The van der Waals surface area contributed by atoms with Gasteiger partial charge in [0.05, 0.1) is 21.8 Å². The van der Waals surface area contributed by atoms with Crippen molar-refractivity contribution in [2.45, 2.75) is 24.0 Å². The molecule has 3 heterocycles. The first-order valence-electron chi connectivity index (χ1n) is 10.9. The minimum absolute atomic E-state index is 0.0107. The van der Waals surface area contributed by atoms with E-state index >= 15 is 0 Å². The molecule has 1 fully saturated rings. The van der Waals surface area contributed by atoms with E-state index in [-0.39, 0.29) is 35.9 Å². The summed E-state index contributed by atoms with van der Waals surface area (Å²) in [5, 5.41) is 7.92. The van der Waals surface area contributed by atoms with Crippen LogP contribution in [0.3, 0.4) is 0 Å². The van der Waals surface area contributed by atoms with E-state index in [9.17, 15) is 21.6 Å². The van der Waals surface area contributed by atoms with Crippen molar-refractivity contribution >= 4 is 15.7 Å². The second-order valence-corrected chi connectivity index (χ2v) is 10.2. The molecule has 4 aromatic rings. The molecule has 2 aromatic carbocycles. The molecular weight excluding hydrogens is 497 g/mol. The molecule has 1 atom stereocenters. The normalized spacial score (nSPS) is 17.4. The molecule has 2 aromatic heterocycles. The number of hydrogen-bond acceptors (Lipinski definition) is 7. The van der Waals surface area contributed by atoms with E-state index < -0.39 is 27.8 Å². The average molecular weight is 519 g/mol. The Bertz CT molecular complexity index is 1460. The van der Waals surface area contributed by atoms with Crippen LogP contribution in [0, 0.1) is 0 Å². The highest BCUT2D eigenvalue weighted by molar-refractivity contribution is 7.89. The predicted octanol–water partition coefficient (Wildman–Crippen LogP) is 2.77. The van der Waals surface area contributed by atoms with Crippen molar-refractivity contribution < 1.29 is 21.6 Å². The fraction of sp³-hybridized carbons (Fsp3) is 0.273. The third kappa shape index (κ3) is 4.44. The first kappa shape index (κ1) is 23.9. The second-order valence-electron chi connectivity index (χ2n) is 8.29. The molecule has 0 spiro atoms. The Morgan fingerprint density at radius 2 is 1.58 bits per heavy atom. The quantitative estimate of drug-likeness (QED) is 0.400. The lowest BCUT2D eigenvalue weighted by atomic mass is 10.1. The van der Waals surface area contributed by atoms with Crippen LogP contribution in [0.5, 0.6) is 0 Å². The third-order valence-electron chi connectivity index (χ3n) is 5.98. The molecule has 0 amide bonds. The summed E-state index contributed by atoms with van der Waals surface area (Å²) in [4.78, 5) is 9.29. The van der Waals surface area contributed by atoms with Crippen LogP contribution in [0.15, 0.2) is 72.7 Å². The van der Waals surface area contributed by atoms with Gasteiger partial charge in [-0.15, -0.1) is 0 Å². The fourth-order valence-electron chi connectivity index (χ4n) is 4.29. The van der Waals surface area contributed by atoms with Gasteiger partial charge in [-0.1, -0.05) is 6.07 Å². The molecule has 10 nitrogen and oxygen atoms in total. The maximum absolute atomic E-state index is 14.0. The number of rotatable bonds is 5. The van der Waals surface area contributed by atoms with Crippen molar-refractivity contribution in [2.75, 3.05) is 24.5 Å². The van der Waals surface area contributed by atoms with Crippen molar-refractivity contribution in [3.63, 3.8) is 0 Å². The maximum atomic E-state index is 14.0. The summed E-state index contributed by atoms with van der Waals surface area (Å²) in [5.74, 6) is 0. The van der Waals surface area contributed by atoms with E-state index in [2.05, 4.69) is 20.2 Å². The van der Waals surface area contributed by atoms with E-state index in [4.69, 9.17) is 0 Å². The van der Waals surface area contributed by atoms with E-state index in [1.165, 1.54) is 63.2 Å². The first-order valence-corrected chi connectivity index (χ1v) is 12.4. The molecule has 188 valence electrons. The van der Waals surface area contributed by atoms with E-state index in [0.29, 0.717) is 5.69 Å². The number of alkyl halides is 3. The zero-order chi connectivity index (χ0) is 25.5. The predicted molar refractivity (Wildman–Crippen MR) is 123 cm³/mol. The van der Waals surface area contributed by atoms with Crippen molar-refractivity contribution in [3.05, 3.63) is 73.3 Å². The Balaban J connectivity index is 1.40. The number of benzene rings is 2. The Morgan fingerprint density at radius 1 is 0.917 bits per heavy atom. The molecule has 0 aliphatic carbocycles. The summed E-state index contributed by atoms with van der Waals surface area (Å²) < 4.78 is 72.8. The van der Waals surface area contributed by atoms with Gasteiger partial charge >= 0.3 is 6.18 Å². The van der Waals surface area contributed by atoms with Crippen molar-refractivity contribution in [2.24, 2.45) is 0 Å². The van der Waals surface area contributed by atoms with Crippen LogP contribution in [0.1, 0.15) is 12.5 Å². The number of anilines is 1. The molecule has 5 rings (SSSR count). The first-order chi connectivity index (χ1) is 17.1. The second kappa shape index (κ2) is 9.02. The van der Waals surface area contributed by atoms with E-state index in [0.717, 1.165) is 6.07 Å². The van der Waals surface area contributed by atoms with Crippen LogP contribution < -0.4 is 4.90 Å². The van der Waals surface area contributed by atoms with Gasteiger partial charge < -0.3 is 4.90 Å². The number of hydrogen-bond donors (Lipinski definition) is 0. The van der Waals surface area contributed by atoms with E-state index in [1.807, 2.05) is 0 Å². The Morgan fingerprint density at radius 3 is 2.17 bits per heavy atom. The maximum Gasteiger partial charge on any atom is 0.418 e. The summed E-state index contributed by atoms with van der Waals surface area (Å²) in [7, 11) is -3.90. The van der Waals surface area contributed by atoms with Crippen LogP contribution in [-0.4, -0.2) is 67.9 Å². The monoisotopic (exact) mass is 518 g/mol.